The quantitative estimate of drug-likeness (QED) is 0.619. The highest BCUT2D eigenvalue weighted by Crippen LogP contribution is 2.52. The molecule has 5 rings (SSSR count). The van der Waals surface area contributed by atoms with Crippen molar-refractivity contribution in [1.29, 1.82) is 0 Å². The van der Waals surface area contributed by atoms with E-state index in [1.165, 1.54) is 16.9 Å². The van der Waals surface area contributed by atoms with Crippen LogP contribution in [0, 0.1) is 23.7 Å². The van der Waals surface area contributed by atoms with Gasteiger partial charge in [-0.05, 0) is 36.7 Å². The van der Waals surface area contributed by atoms with Crippen molar-refractivity contribution in [2.75, 3.05) is 13.1 Å². The molecular formula is C24H28N2O3. The molecule has 5 nitrogen and oxygen atoms in total. The van der Waals surface area contributed by atoms with Gasteiger partial charge in [-0.15, -0.1) is 0 Å². The average Bonchev–Trinajstić information content (AvgIpc) is 3.44. The summed E-state index contributed by atoms with van der Waals surface area (Å²) in [4.78, 5) is 39.6. The van der Waals surface area contributed by atoms with Crippen molar-refractivity contribution in [2.45, 2.75) is 43.9 Å². The van der Waals surface area contributed by atoms with E-state index in [2.05, 4.69) is 41.7 Å². The van der Waals surface area contributed by atoms with Gasteiger partial charge in [0.1, 0.15) is 6.54 Å². The molecule has 2 saturated carbocycles. The first kappa shape index (κ1) is 18.6. The Morgan fingerprint density at radius 1 is 0.966 bits per heavy atom. The fourth-order valence-corrected chi connectivity index (χ4v) is 6.17. The number of fused-ring (bicyclic) bond motifs is 5. The van der Waals surface area contributed by atoms with E-state index in [4.69, 9.17) is 0 Å². The van der Waals surface area contributed by atoms with E-state index in [1.807, 2.05) is 6.07 Å². The fraction of sp³-hybridized carbons (Fsp3) is 0.542. The summed E-state index contributed by atoms with van der Waals surface area (Å²) in [6.07, 6.45) is 10.7. The van der Waals surface area contributed by atoms with E-state index in [9.17, 15) is 14.4 Å². The third-order valence-electron chi connectivity index (χ3n) is 7.68. The summed E-state index contributed by atoms with van der Waals surface area (Å²) >= 11 is 0. The smallest absolute Gasteiger partial charge is 0.240 e. The Kier molecular flexibility index (Phi) is 4.56. The minimum Gasteiger partial charge on any atom is -0.354 e. The average molecular weight is 392 g/mol. The van der Waals surface area contributed by atoms with E-state index in [0.29, 0.717) is 6.54 Å². The van der Waals surface area contributed by atoms with Gasteiger partial charge in [0.25, 0.3) is 0 Å². The van der Waals surface area contributed by atoms with Gasteiger partial charge in [-0.2, -0.15) is 0 Å². The van der Waals surface area contributed by atoms with Crippen molar-refractivity contribution >= 4 is 17.7 Å². The van der Waals surface area contributed by atoms with Gasteiger partial charge in [0, 0.05) is 12.0 Å². The summed E-state index contributed by atoms with van der Waals surface area (Å²) < 4.78 is 0. The van der Waals surface area contributed by atoms with E-state index in [0.717, 1.165) is 32.1 Å². The number of benzene rings is 1. The normalized spacial score (nSPS) is 31.9. The summed E-state index contributed by atoms with van der Waals surface area (Å²) in [5.74, 6) is -0.646. The van der Waals surface area contributed by atoms with Gasteiger partial charge in [-0.25, -0.2) is 0 Å². The van der Waals surface area contributed by atoms with Crippen molar-refractivity contribution in [3.63, 3.8) is 0 Å². The third kappa shape index (κ3) is 3.02. The number of likely N-dealkylation sites (tertiary alicyclic amines) is 1. The van der Waals surface area contributed by atoms with Gasteiger partial charge < -0.3 is 5.32 Å². The van der Waals surface area contributed by atoms with Crippen LogP contribution in [0.25, 0.3) is 0 Å². The number of carbonyl (C=O) groups excluding carboxylic acids is 3. The van der Waals surface area contributed by atoms with Crippen LogP contribution in [0.4, 0.5) is 0 Å². The molecule has 5 heteroatoms. The Morgan fingerprint density at radius 2 is 1.59 bits per heavy atom. The van der Waals surface area contributed by atoms with Crippen molar-refractivity contribution < 1.29 is 14.4 Å². The summed E-state index contributed by atoms with van der Waals surface area (Å²) in [5, 5.41) is 3.06. The minimum atomic E-state index is -0.237. The van der Waals surface area contributed by atoms with Crippen LogP contribution in [0.5, 0.6) is 0 Å². The molecule has 0 spiro atoms. The number of amides is 3. The van der Waals surface area contributed by atoms with Crippen molar-refractivity contribution in [1.82, 2.24) is 10.2 Å². The molecule has 152 valence electrons. The maximum absolute atomic E-state index is 12.8. The molecule has 4 aliphatic rings. The van der Waals surface area contributed by atoms with Crippen LogP contribution in [0.2, 0.25) is 0 Å². The zero-order valence-corrected chi connectivity index (χ0v) is 16.7. The molecule has 1 saturated heterocycles. The second-order valence-electron chi connectivity index (χ2n) is 9.25. The molecule has 2 bridgehead atoms. The number of carbonyl (C=O) groups is 3. The molecule has 3 amide bonds. The molecule has 1 aliphatic heterocycles. The van der Waals surface area contributed by atoms with Gasteiger partial charge in [0.15, 0.2) is 0 Å². The highest BCUT2D eigenvalue weighted by Gasteiger charge is 2.59. The Balaban J connectivity index is 1.25. The number of hydrogen-bond donors (Lipinski definition) is 1. The molecule has 1 N–H and O–H groups in total. The number of nitrogens with one attached hydrogen (secondary N) is 1. The minimum absolute atomic E-state index is 0.0479. The Morgan fingerprint density at radius 3 is 2.21 bits per heavy atom. The van der Waals surface area contributed by atoms with Crippen molar-refractivity contribution in [2.24, 2.45) is 23.7 Å². The SMILES string of the molecule is O=C(CN1C(=O)[C@@H]2[C@@H](C1=O)[C@H]1C=C[C@H]2C1)NCC1(c2ccccc2)CCCCC1. The molecule has 1 aromatic carbocycles. The molecule has 4 atom stereocenters. The topological polar surface area (TPSA) is 66.5 Å². The molecule has 3 fully saturated rings. The number of hydrogen-bond acceptors (Lipinski definition) is 3. The van der Waals surface area contributed by atoms with Gasteiger partial charge in [-0.3, -0.25) is 19.3 Å². The highest BCUT2D eigenvalue weighted by atomic mass is 16.2. The lowest BCUT2D eigenvalue weighted by Crippen LogP contribution is -2.47. The Bertz CT molecular complexity index is 826. The van der Waals surface area contributed by atoms with E-state index in [-0.39, 0.29) is 53.4 Å². The molecule has 0 unspecified atom stereocenters. The maximum Gasteiger partial charge on any atom is 0.240 e. The number of nitrogens with zero attached hydrogens (tertiary/aromatic N) is 1. The van der Waals surface area contributed by atoms with E-state index < -0.39 is 0 Å². The highest BCUT2D eigenvalue weighted by molar-refractivity contribution is 6.08. The Hall–Kier alpha value is -2.43. The van der Waals surface area contributed by atoms with Gasteiger partial charge in [0.2, 0.25) is 17.7 Å². The lowest BCUT2D eigenvalue weighted by atomic mass is 9.69. The lowest BCUT2D eigenvalue weighted by molar-refractivity contribution is -0.144. The molecule has 29 heavy (non-hydrogen) atoms. The van der Waals surface area contributed by atoms with Crippen LogP contribution < -0.4 is 5.32 Å². The van der Waals surface area contributed by atoms with Crippen molar-refractivity contribution in [3.8, 4) is 0 Å². The first-order valence-corrected chi connectivity index (χ1v) is 10.9. The zero-order valence-electron chi connectivity index (χ0n) is 16.7. The van der Waals surface area contributed by atoms with E-state index >= 15 is 0 Å². The third-order valence-corrected chi connectivity index (χ3v) is 7.68. The fourth-order valence-electron chi connectivity index (χ4n) is 6.17. The molecule has 0 radical (unpaired) electrons. The number of imide groups is 1. The second-order valence-corrected chi connectivity index (χ2v) is 9.25. The predicted molar refractivity (Wildman–Crippen MR) is 109 cm³/mol. The molecular weight excluding hydrogens is 364 g/mol. The summed E-state index contributed by atoms with van der Waals surface area (Å²) in [6, 6.07) is 10.4. The van der Waals surface area contributed by atoms with Crippen LogP contribution in [-0.4, -0.2) is 35.7 Å². The van der Waals surface area contributed by atoms with Crippen LogP contribution in [0.15, 0.2) is 42.5 Å². The van der Waals surface area contributed by atoms with Crippen molar-refractivity contribution in [3.05, 3.63) is 48.0 Å². The van der Waals surface area contributed by atoms with Crippen LogP contribution in [0.1, 0.15) is 44.1 Å². The molecule has 1 heterocycles. The standard InChI is InChI=1S/C24H28N2O3/c27-19(14-26-22(28)20-16-9-10-17(13-16)21(20)23(26)29)25-15-24(11-5-2-6-12-24)18-7-3-1-4-8-18/h1,3-4,7-10,16-17,20-21H,2,5-6,11-15H2,(H,25,27)/t16-,17-,20-,21-/m0/s1. The molecule has 0 aromatic heterocycles. The molecule has 3 aliphatic carbocycles. The number of allylic oxidation sites excluding steroid dienone is 2. The Labute approximate surface area is 171 Å². The summed E-state index contributed by atoms with van der Waals surface area (Å²) in [5.41, 5.74) is 1.22. The zero-order chi connectivity index (χ0) is 20.0. The van der Waals surface area contributed by atoms with Crippen LogP contribution in [0.3, 0.4) is 0 Å². The van der Waals surface area contributed by atoms with Gasteiger partial charge >= 0.3 is 0 Å². The lowest BCUT2D eigenvalue weighted by Gasteiger charge is -2.38. The summed E-state index contributed by atoms with van der Waals surface area (Å²) in [6.45, 7) is 0.417. The second kappa shape index (κ2) is 7.12. The van der Waals surface area contributed by atoms with Crippen LogP contribution in [-0.2, 0) is 19.8 Å². The monoisotopic (exact) mass is 392 g/mol. The van der Waals surface area contributed by atoms with Gasteiger partial charge in [0.05, 0.1) is 11.8 Å². The first-order chi connectivity index (χ1) is 14.1. The first-order valence-electron chi connectivity index (χ1n) is 10.9. The van der Waals surface area contributed by atoms with E-state index in [1.54, 1.807) is 0 Å². The largest absolute Gasteiger partial charge is 0.354 e. The molecule has 1 aromatic rings. The van der Waals surface area contributed by atoms with Gasteiger partial charge in [-0.1, -0.05) is 61.7 Å². The predicted octanol–water partition coefficient (Wildman–Crippen LogP) is 2.81. The number of rotatable bonds is 5. The maximum atomic E-state index is 12.8. The summed E-state index contributed by atoms with van der Waals surface area (Å²) in [7, 11) is 0. The van der Waals surface area contributed by atoms with Crippen LogP contribution >= 0.6 is 0 Å².